The monoisotopic (exact) mass is 307 g/mol. The third-order valence-electron chi connectivity index (χ3n) is 3.78. The third-order valence-corrected chi connectivity index (χ3v) is 3.78. The van der Waals surface area contributed by atoms with E-state index >= 15 is 0 Å². The molecule has 0 unspecified atom stereocenters. The van der Waals surface area contributed by atoms with Crippen molar-refractivity contribution >= 4 is 0 Å². The summed E-state index contributed by atoms with van der Waals surface area (Å²) >= 11 is 0. The van der Waals surface area contributed by atoms with Gasteiger partial charge >= 0.3 is 6.18 Å². The van der Waals surface area contributed by atoms with E-state index in [1.54, 1.807) is 0 Å². The Balaban J connectivity index is 1.77. The van der Waals surface area contributed by atoms with Gasteiger partial charge in [-0.3, -0.25) is 0 Å². The molecule has 2 aromatic rings. The molecule has 0 radical (unpaired) electrons. The summed E-state index contributed by atoms with van der Waals surface area (Å²) in [5.41, 5.74) is 2.16. The molecular weight excluding hydrogens is 291 g/mol. The van der Waals surface area contributed by atoms with Crippen LogP contribution >= 0.6 is 0 Å². The Bertz CT molecular complexity index is 614. The first-order valence-electron chi connectivity index (χ1n) is 7.13. The molecule has 1 N–H and O–H groups in total. The van der Waals surface area contributed by atoms with Gasteiger partial charge in [0.25, 0.3) is 0 Å². The largest absolute Gasteiger partial charge is 0.416 e. The van der Waals surface area contributed by atoms with Gasteiger partial charge in [0, 0.05) is 6.54 Å². The number of alkyl halides is 3. The predicted molar refractivity (Wildman–Crippen MR) is 78.4 cm³/mol. The van der Waals surface area contributed by atoms with E-state index in [0.29, 0.717) is 6.61 Å². The summed E-state index contributed by atoms with van der Waals surface area (Å²) in [5.74, 6) is 0. The van der Waals surface area contributed by atoms with Gasteiger partial charge in [-0.25, -0.2) is 0 Å². The number of hydrogen-bond donors (Lipinski definition) is 1. The minimum Gasteiger partial charge on any atom is -0.378 e. The first-order valence-corrected chi connectivity index (χ1v) is 7.13. The average Bonchev–Trinajstić information content (AvgIpc) is 2.55. The molecule has 0 spiro atoms. The third kappa shape index (κ3) is 3.31. The second-order valence-electron chi connectivity index (χ2n) is 5.28. The lowest BCUT2D eigenvalue weighted by Crippen LogP contribution is -2.34. The summed E-state index contributed by atoms with van der Waals surface area (Å²) in [7, 11) is 0. The van der Waals surface area contributed by atoms with E-state index in [1.807, 2.05) is 24.3 Å². The molecule has 0 aromatic heterocycles. The molecule has 0 amide bonds. The van der Waals surface area contributed by atoms with Crippen LogP contribution in [0, 0.1) is 0 Å². The van der Waals surface area contributed by atoms with Crippen molar-refractivity contribution < 1.29 is 17.9 Å². The van der Waals surface area contributed by atoms with Gasteiger partial charge in [-0.1, -0.05) is 36.4 Å². The van der Waals surface area contributed by atoms with Gasteiger partial charge < -0.3 is 10.1 Å². The molecular formula is C17H16F3NO. The fourth-order valence-electron chi connectivity index (χ4n) is 2.54. The Morgan fingerprint density at radius 2 is 1.50 bits per heavy atom. The van der Waals surface area contributed by atoms with Crippen LogP contribution in [-0.4, -0.2) is 19.8 Å². The van der Waals surface area contributed by atoms with E-state index in [9.17, 15) is 13.2 Å². The first-order chi connectivity index (χ1) is 10.5. The summed E-state index contributed by atoms with van der Waals surface area (Å²) < 4.78 is 43.1. The van der Waals surface area contributed by atoms with E-state index in [2.05, 4.69) is 5.32 Å². The number of nitrogens with one attached hydrogen (secondary N) is 1. The molecule has 0 aliphatic carbocycles. The number of hydrogen-bond acceptors (Lipinski definition) is 2. The number of halogens is 3. The number of morpholine rings is 1. The molecule has 1 atom stereocenters. The van der Waals surface area contributed by atoms with E-state index in [-0.39, 0.29) is 6.04 Å². The molecule has 1 aliphatic rings. The van der Waals surface area contributed by atoms with Crippen molar-refractivity contribution in [3.05, 3.63) is 59.7 Å². The maximum absolute atomic E-state index is 12.6. The zero-order valence-corrected chi connectivity index (χ0v) is 11.9. The highest BCUT2D eigenvalue weighted by molar-refractivity contribution is 5.64. The van der Waals surface area contributed by atoms with Crippen LogP contribution in [0.4, 0.5) is 13.2 Å². The minimum absolute atomic E-state index is 0.176. The van der Waals surface area contributed by atoms with Gasteiger partial charge in [0.15, 0.2) is 0 Å². The lowest BCUT2D eigenvalue weighted by atomic mass is 10.00. The molecule has 1 aliphatic heterocycles. The Morgan fingerprint density at radius 3 is 2.00 bits per heavy atom. The smallest absolute Gasteiger partial charge is 0.378 e. The second kappa shape index (κ2) is 6.10. The van der Waals surface area contributed by atoms with Crippen molar-refractivity contribution in [2.45, 2.75) is 12.2 Å². The molecule has 1 fully saturated rings. The van der Waals surface area contributed by atoms with E-state index < -0.39 is 11.7 Å². The highest BCUT2D eigenvalue weighted by Crippen LogP contribution is 2.31. The first kappa shape index (κ1) is 15.1. The van der Waals surface area contributed by atoms with Gasteiger partial charge in [-0.05, 0) is 28.8 Å². The lowest BCUT2D eigenvalue weighted by Gasteiger charge is -2.24. The van der Waals surface area contributed by atoms with Gasteiger partial charge in [0.05, 0.1) is 24.8 Å². The molecule has 116 valence electrons. The van der Waals surface area contributed by atoms with Crippen LogP contribution < -0.4 is 5.32 Å². The predicted octanol–water partition coefficient (Wildman–Crippen LogP) is 4.03. The molecule has 0 saturated carbocycles. The molecule has 5 heteroatoms. The SMILES string of the molecule is FC(F)(F)c1ccc(-c2ccc([C@H]3COCCN3)cc2)cc1. The number of ether oxygens (including phenoxy) is 1. The Hall–Kier alpha value is -1.85. The average molecular weight is 307 g/mol. The normalized spacial score (nSPS) is 19.1. The van der Waals surface area contributed by atoms with Crippen LogP contribution in [0.5, 0.6) is 0 Å². The van der Waals surface area contributed by atoms with Gasteiger partial charge in [-0.15, -0.1) is 0 Å². The van der Waals surface area contributed by atoms with Gasteiger partial charge in [-0.2, -0.15) is 13.2 Å². The maximum Gasteiger partial charge on any atom is 0.416 e. The number of benzene rings is 2. The van der Waals surface area contributed by atoms with Crippen molar-refractivity contribution in [3.63, 3.8) is 0 Å². The Labute approximate surface area is 126 Å². The molecule has 1 heterocycles. The zero-order chi connectivity index (χ0) is 15.6. The molecule has 22 heavy (non-hydrogen) atoms. The van der Waals surface area contributed by atoms with Crippen molar-refractivity contribution in [2.75, 3.05) is 19.8 Å². The van der Waals surface area contributed by atoms with Gasteiger partial charge in [0.2, 0.25) is 0 Å². The minimum atomic E-state index is -4.30. The fraction of sp³-hybridized carbons (Fsp3) is 0.294. The highest BCUT2D eigenvalue weighted by Gasteiger charge is 2.29. The van der Waals surface area contributed by atoms with Crippen LogP contribution in [-0.2, 0) is 10.9 Å². The van der Waals surface area contributed by atoms with E-state index in [0.717, 1.165) is 42.0 Å². The van der Waals surface area contributed by atoms with Crippen LogP contribution in [0.15, 0.2) is 48.5 Å². The van der Waals surface area contributed by atoms with Crippen LogP contribution in [0.1, 0.15) is 17.2 Å². The standard InChI is InChI=1S/C17H16F3NO/c18-17(19,20)15-7-5-13(6-8-15)12-1-3-14(4-2-12)16-11-22-10-9-21-16/h1-8,16,21H,9-11H2/t16-/m1/s1. The summed E-state index contributed by atoms with van der Waals surface area (Å²) in [6, 6.07) is 13.2. The van der Waals surface area contributed by atoms with Crippen LogP contribution in [0.2, 0.25) is 0 Å². The maximum atomic E-state index is 12.6. The van der Waals surface area contributed by atoms with Crippen molar-refractivity contribution in [2.24, 2.45) is 0 Å². The Morgan fingerprint density at radius 1 is 0.909 bits per heavy atom. The topological polar surface area (TPSA) is 21.3 Å². The van der Waals surface area contributed by atoms with E-state index in [4.69, 9.17) is 4.74 Å². The Kier molecular flexibility index (Phi) is 4.18. The molecule has 0 bridgehead atoms. The number of rotatable bonds is 2. The molecule has 3 rings (SSSR count). The summed E-state index contributed by atoms with van der Waals surface area (Å²) in [4.78, 5) is 0. The van der Waals surface area contributed by atoms with Crippen LogP contribution in [0.3, 0.4) is 0 Å². The van der Waals surface area contributed by atoms with Crippen molar-refractivity contribution in [3.8, 4) is 11.1 Å². The molecule has 2 nitrogen and oxygen atoms in total. The molecule has 1 saturated heterocycles. The van der Waals surface area contributed by atoms with Crippen LogP contribution in [0.25, 0.3) is 11.1 Å². The summed E-state index contributed by atoms with van der Waals surface area (Å²) in [6.07, 6.45) is -4.30. The van der Waals surface area contributed by atoms with E-state index in [1.165, 1.54) is 12.1 Å². The van der Waals surface area contributed by atoms with Crippen molar-refractivity contribution in [1.29, 1.82) is 0 Å². The van der Waals surface area contributed by atoms with Crippen molar-refractivity contribution in [1.82, 2.24) is 5.32 Å². The fourth-order valence-corrected chi connectivity index (χ4v) is 2.54. The molecule has 2 aromatic carbocycles. The summed E-state index contributed by atoms with van der Waals surface area (Å²) in [6.45, 7) is 2.19. The van der Waals surface area contributed by atoms with Gasteiger partial charge in [0.1, 0.15) is 0 Å². The zero-order valence-electron chi connectivity index (χ0n) is 11.9. The quantitative estimate of drug-likeness (QED) is 0.904. The summed E-state index contributed by atoms with van der Waals surface area (Å²) in [5, 5.41) is 3.37. The highest BCUT2D eigenvalue weighted by atomic mass is 19.4. The second-order valence-corrected chi connectivity index (χ2v) is 5.28. The lowest BCUT2D eigenvalue weighted by molar-refractivity contribution is -0.137.